The number of aromatic nitrogens is 2. The summed E-state index contributed by atoms with van der Waals surface area (Å²) in [5, 5.41) is 3.37. The maximum absolute atomic E-state index is 5.00. The van der Waals surface area contributed by atoms with Crippen LogP contribution in [0.25, 0.3) is 11.1 Å². The van der Waals surface area contributed by atoms with Gasteiger partial charge in [0.15, 0.2) is 0 Å². The Bertz CT molecular complexity index is 634. The van der Waals surface area contributed by atoms with Crippen LogP contribution in [0, 0.1) is 0 Å². The number of rotatable bonds is 2. The van der Waals surface area contributed by atoms with E-state index in [0.29, 0.717) is 5.92 Å². The van der Waals surface area contributed by atoms with Crippen molar-refractivity contribution in [1.29, 1.82) is 0 Å². The highest BCUT2D eigenvalue weighted by atomic mass is 15.0. The van der Waals surface area contributed by atoms with E-state index in [1.54, 1.807) is 0 Å². The van der Waals surface area contributed by atoms with Crippen molar-refractivity contribution in [3.63, 3.8) is 0 Å². The summed E-state index contributed by atoms with van der Waals surface area (Å²) in [5.41, 5.74) is 3.90. The molecule has 1 aliphatic carbocycles. The molecule has 98 valence electrons. The Labute approximate surface area is 113 Å². The van der Waals surface area contributed by atoms with Crippen LogP contribution in [0.4, 0.5) is 0 Å². The molecule has 0 saturated heterocycles. The van der Waals surface area contributed by atoms with Crippen LogP contribution in [0.15, 0.2) is 30.5 Å². The number of hydrogen-bond acceptors (Lipinski definition) is 2. The van der Waals surface area contributed by atoms with Gasteiger partial charge in [0.05, 0.1) is 11.2 Å². The van der Waals surface area contributed by atoms with E-state index in [-0.39, 0.29) is 0 Å². The fourth-order valence-corrected chi connectivity index (χ4v) is 3.09. The maximum Gasteiger partial charge on any atom is 0.117 e. The van der Waals surface area contributed by atoms with Crippen LogP contribution in [0.1, 0.15) is 43.1 Å². The molecule has 0 unspecified atom stereocenters. The molecule has 1 saturated carbocycles. The van der Waals surface area contributed by atoms with Gasteiger partial charge in [0.1, 0.15) is 5.82 Å². The highest BCUT2D eigenvalue weighted by Gasteiger charge is 2.26. The molecule has 0 radical (unpaired) electrons. The maximum atomic E-state index is 5.00. The third-order valence-corrected chi connectivity index (χ3v) is 4.41. The van der Waals surface area contributed by atoms with E-state index in [4.69, 9.17) is 4.98 Å². The number of imidazole rings is 1. The van der Waals surface area contributed by atoms with Gasteiger partial charge in [-0.25, -0.2) is 4.98 Å². The minimum atomic E-state index is 0.672. The monoisotopic (exact) mass is 253 g/mol. The van der Waals surface area contributed by atoms with Crippen molar-refractivity contribution in [3.8, 4) is 0 Å². The molecule has 0 spiro atoms. The molecular weight excluding hydrogens is 234 g/mol. The summed E-state index contributed by atoms with van der Waals surface area (Å²) < 4.78 is 2.31. The summed E-state index contributed by atoms with van der Waals surface area (Å²) in [5.74, 6) is 1.95. The predicted octanol–water partition coefficient (Wildman–Crippen LogP) is 2.98. The topological polar surface area (TPSA) is 29.3 Å². The average Bonchev–Trinajstić information content (AvgIpc) is 2.78. The predicted molar refractivity (Wildman–Crippen MR) is 77.2 cm³/mol. The number of fused-ring (bicyclic) bond motifs is 1. The Morgan fingerprint density at radius 3 is 2.95 bits per heavy atom. The largest absolute Gasteiger partial charge is 0.313 e. The first-order valence-corrected chi connectivity index (χ1v) is 7.30. The van der Waals surface area contributed by atoms with E-state index in [0.717, 1.165) is 19.5 Å². The van der Waals surface area contributed by atoms with E-state index in [2.05, 4.69) is 40.2 Å². The minimum Gasteiger partial charge on any atom is -0.313 e. The molecule has 0 amide bonds. The lowest BCUT2D eigenvalue weighted by Gasteiger charge is -2.23. The Morgan fingerprint density at radius 2 is 2.21 bits per heavy atom. The zero-order valence-corrected chi connectivity index (χ0v) is 11.1. The van der Waals surface area contributed by atoms with E-state index in [9.17, 15) is 0 Å². The van der Waals surface area contributed by atoms with Crippen molar-refractivity contribution in [1.82, 2.24) is 14.7 Å². The van der Waals surface area contributed by atoms with Crippen molar-refractivity contribution in [2.24, 2.45) is 0 Å². The van der Waals surface area contributed by atoms with E-state index >= 15 is 0 Å². The molecule has 1 aliphatic heterocycles. The lowest BCUT2D eigenvalue weighted by molar-refractivity contribution is 0.400. The summed E-state index contributed by atoms with van der Waals surface area (Å²) in [6.45, 7) is 2.04. The number of pyridine rings is 1. The lowest BCUT2D eigenvalue weighted by Crippen LogP contribution is -2.20. The van der Waals surface area contributed by atoms with Crippen LogP contribution in [0.5, 0.6) is 0 Å². The smallest absolute Gasteiger partial charge is 0.117 e. The van der Waals surface area contributed by atoms with Gasteiger partial charge in [-0.3, -0.25) is 0 Å². The molecule has 19 heavy (non-hydrogen) atoms. The Kier molecular flexibility index (Phi) is 2.66. The van der Waals surface area contributed by atoms with Gasteiger partial charge in [0, 0.05) is 18.7 Å². The van der Waals surface area contributed by atoms with Crippen molar-refractivity contribution < 1.29 is 0 Å². The van der Waals surface area contributed by atoms with Crippen molar-refractivity contribution in [3.05, 3.63) is 42.0 Å². The second-order valence-electron chi connectivity index (χ2n) is 5.59. The lowest BCUT2D eigenvalue weighted by atomic mass is 9.85. The van der Waals surface area contributed by atoms with Crippen molar-refractivity contribution in [2.45, 2.75) is 31.6 Å². The molecule has 3 heterocycles. The fraction of sp³-hybridized carbons (Fsp3) is 0.438. The summed E-state index contributed by atoms with van der Waals surface area (Å²) in [4.78, 5) is 5.00. The number of nitrogens with one attached hydrogen (secondary N) is 1. The second kappa shape index (κ2) is 4.49. The molecule has 4 rings (SSSR count). The molecule has 0 bridgehead atoms. The normalized spacial score (nSPS) is 20.3. The third kappa shape index (κ3) is 1.80. The van der Waals surface area contributed by atoms with Crippen LogP contribution < -0.4 is 5.32 Å². The first-order valence-electron chi connectivity index (χ1n) is 7.30. The summed E-state index contributed by atoms with van der Waals surface area (Å²) in [6.07, 6.45) is 9.51. The number of hydrogen-bond donors (Lipinski definition) is 1. The Morgan fingerprint density at radius 1 is 1.26 bits per heavy atom. The standard InChI is InChI=1S/C16H19N3/c1-2-11-19-14(6-1)15(12-7-9-17-10-8-12)18-16(19)13-4-3-5-13/h1-2,6-7,11,13,17H,3-5,8-10H2. The molecule has 1 N–H and O–H groups in total. The van der Waals surface area contributed by atoms with Crippen LogP contribution in [-0.2, 0) is 0 Å². The zero-order valence-electron chi connectivity index (χ0n) is 11.1. The van der Waals surface area contributed by atoms with E-state index < -0.39 is 0 Å². The van der Waals surface area contributed by atoms with Crippen molar-refractivity contribution >= 4 is 11.1 Å². The minimum absolute atomic E-state index is 0.672. The second-order valence-corrected chi connectivity index (χ2v) is 5.59. The third-order valence-electron chi connectivity index (χ3n) is 4.41. The van der Waals surface area contributed by atoms with Gasteiger partial charge >= 0.3 is 0 Å². The zero-order chi connectivity index (χ0) is 12.7. The van der Waals surface area contributed by atoms with Crippen LogP contribution in [-0.4, -0.2) is 22.5 Å². The van der Waals surface area contributed by atoms with Gasteiger partial charge in [-0.15, -0.1) is 0 Å². The van der Waals surface area contributed by atoms with Crippen LogP contribution in [0.3, 0.4) is 0 Å². The highest BCUT2D eigenvalue weighted by molar-refractivity contribution is 5.77. The first kappa shape index (κ1) is 11.2. The Balaban J connectivity index is 1.88. The van der Waals surface area contributed by atoms with Gasteiger partial charge < -0.3 is 9.72 Å². The van der Waals surface area contributed by atoms with E-state index in [1.807, 2.05) is 0 Å². The van der Waals surface area contributed by atoms with Gasteiger partial charge in [-0.05, 0) is 43.5 Å². The fourth-order valence-electron chi connectivity index (χ4n) is 3.09. The molecule has 2 aliphatic rings. The first-order chi connectivity index (χ1) is 9.43. The van der Waals surface area contributed by atoms with E-state index in [1.165, 1.54) is 41.9 Å². The van der Waals surface area contributed by atoms with Gasteiger partial charge in [-0.2, -0.15) is 0 Å². The van der Waals surface area contributed by atoms with Gasteiger partial charge in [0.2, 0.25) is 0 Å². The summed E-state index contributed by atoms with van der Waals surface area (Å²) in [7, 11) is 0. The van der Waals surface area contributed by atoms with Crippen LogP contribution in [0.2, 0.25) is 0 Å². The number of nitrogens with zero attached hydrogens (tertiary/aromatic N) is 2. The molecule has 0 atom stereocenters. The molecule has 0 aromatic carbocycles. The molecule has 2 aromatic heterocycles. The molecular formula is C16H19N3. The average molecular weight is 253 g/mol. The molecule has 3 nitrogen and oxygen atoms in total. The summed E-state index contributed by atoms with van der Waals surface area (Å²) >= 11 is 0. The summed E-state index contributed by atoms with van der Waals surface area (Å²) in [6, 6.07) is 6.43. The quantitative estimate of drug-likeness (QED) is 0.891. The van der Waals surface area contributed by atoms with Gasteiger partial charge in [0.25, 0.3) is 0 Å². The molecule has 1 fully saturated rings. The molecule has 2 aromatic rings. The highest BCUT2D eigenvalue weighted by Crippen LogP contribution is 2.37. The van der Waals surface area contributed by atoms with Crippen molar-refractivity contribution in [2.75, 3.05) is 13.1 Å². The Hall–Kier alpha value is -1.61. The SMILES string of the molecule is C1=C(c2nc(C3CCC3)n3ccccc23)CCNC1. The van der Waals surface area contributed by atoms with Crippen LogP contribution >= 0.6 is 0 Å². The molecule has 3 heteroatoms. The van der Waals surface area contributed by atoms with Gasteiger partial charge in [-0.1, -0.05) is 18.6 Å².